The second-order valence-electron chi connectivity index (χ2n) is 8.48. The molecular weight excluding hydrogens is 505 g/mol. The molecule has 5 rings (SSSR count). The molecule has 1 fully saturated rings. The Morgan fingerprint density at radius 2 is 1.89 bits per heavy atom. The number of nitrogens with one attached hydrogen (secondary N) is 2. The summed E-state index contributed by atoms with van der Waals surface area (Å²) in [6, 6.07) is 19.5. The average Bonchev–Trinajstić information content (AvgIpc) is 2.81. The molecule has 0 radical (unpaired) electrons. The minimum Gasteiger partial charge on any atom is -0.490 e. The maximum Gasteiger partial charge on any atom is 0.236 e. The topological polar surface area (TPSA) is 62.8 Å². The van der Waals surface area contributed by atoms with E-state index in [0.717, 1.165) is 5.56 Å². The molecule has 3 aromatic carbocycles. The van der Waals surface area contributed by atoms with Crippen LogP contribution in [0.2, 0.25) is 10.0 Å². The maximum absolute atomic E-state index is 13.9. The predicted molar refractivity (Wildman–Crippen MR) is 143 cm³/mol. The first-order chi connectivity index (χ1) is 16.8. The molecule has 0 aromatic heterocycles. The van der Waals surface area contributed by atoms with Crippen molar-refractivity contribution in [2.24, 2.45) is 5.92 Å². The van der Waals surface area contributed by atoms with Crippen LogP contribution in [0.25, 0.3) is 0 Å². The molecule has 0 saturated carbocycles. The second-order valence-corrected chi connectivity index (χ2v) is 9.74. The van der Waals surface area contributed by atoms with Gasteiger partial charge in [0.25, 0.3) is 0 Å². The molecule has 35 heavy (non-hydrogen) atoms. The van der Waals surface area contributed by atoms with E-state index in [0.29, 0.717) is 44.6 Å². The average molecular weight is 528 g/mol. The summed E-state index contributed by atoms with van der Waals surface area (Å²) in [6.45, 7) is 4.26. The van der Waals surface area contributed by atoms with Crippen LogP contribution < -0.4 is 25.0 Å². The first-order valence-electron chi connectivity index (χ1n) is 11.2. The van der Waals surface area contributed by atoms with Crippen LogP contribution >= 0.6 is 35.4 Å². The highest BCUT2D eigenvalue weighted by molar-refractivity contribution is 7.80. The highest BCUT2D eigenvalue weighted by Gasteiger charge is 2.59. The van der Waals surface area contributed by atoms with Crippen LogP contribution in [-0.4, -0.2) is 23.4 Å². The van der Waals surface area contributed by atoms with Crippen molar-refractivity contribution in [2.45, 2.75) is 25.6 Å². The van der Waals surface area contributed by atoms with Crippen LogP contribution in [0.15, 0.2) is 66.7 Å². The first kappa shape index (κ1) is 23.7. The van der Waals surface area contributed by atoms with E-state index in [-0.39, 0.29) is 5.91 Å². The van der Waals surface area contributed by atoms with E-state index in [1.165, 1.54) is 0 Å². The SMILES string of the molecule is CCOc1cccc2c1O[C@@]1(C)[C@@H](C(=O)Nc3ccc(Cl)cc3)[C@H]2NC(=S)N1c1cccc(Cl)c1. The van der Waals surface area contributed by atoms with Crippen LogP contribution in [0.5, 0.6) is 11.5 Å². The molecule has 0 unspecified atom stereocenters. The van der Waals surface area contributed by atoms with Gasteiger partial charge in [-0.2, -0.15) is 0 Å². The summed E-state index contributed by atoms with van der Waals surface area (Å²) in [4.78, 5) is 15.7. The highest BCUT2D eigenvalue weighted by Crippen LogP contribution is 2.52. The summed E-state index contributed by atoms with van der Waals surface area (Å²) >= 11 is 18.1. The number of hydrogen-bond acceptors (Lipinski definition) is 4. The number of anilines is 2. The van der Waals surface area contributed by atoms with Crippen LogP contribution in [-0.2, 0) is 4.79 Å². The van der Waals surface area contributed by atoms with E-state index in [9.17, 15) is 4.79 Å². The molecule has 2 aliphatic rings. The van der Waals surface area contributed by atoms with Gasteiger partial charge in [-0.3, -0.25) is 9.69 Å². The third-order valence-electron chi connectivity index (χ3n) is 6.25. The van der Waals surface area contributed by atoms with Gasteiger partial charge in [-0.1, -0.05) is 41.4 Å². The summed E-state index contributed by atoms with van der Waals surface area (Å²) in [5.74, 6) is 0.278. The Kier molecular flexibility index (Phi) is 6.25. The van der Waals surface area contributed by atoms with Crippen molar-refractivity contribution in [3.05, 3.63) is 82.3 Å². The summed E-state index contributed by atoms with van der Waals surface area (Å²) < 4.78 is 12.6. The van der Waals surface area contributed by atoms with E-state index in [1.54, 1.807) is 36.4 Å². The molecule has 2 bridgehead atoms. The first-order valence-corrected chi connectivity index (χ1v) is 12.4. The molecule has 0 aliphatic carbocycles. The summed E-state index contributed by atoms with van der Waals surface area (Å²) in [6.07, 6.45) is 0. The zero-order valence-electron chi connectivity index (χ0n) is 19.0. The number of para-hydroxylation sites is 1. The van der Waals surface area contributed by atoms with Crippen molar-refractivity contribution < 1.29 is 14.3 Å². The number of carbonyl (C=O) groups is 1. The number of ether oxygens (including phenoxy) is 2. The van der Waals surface area contributed by atoms with Gasteiger partial charge in [0.05, 0.1) is 12.6 Å². The minimum atomic E-state index is -1.19. The van der Waals surface area contributed by atoms with Crippen molar-refractivity contribution in [1.82, 2.24) is 5.32 Å². The standard InChI is InChI=1S/C26H23Cl2N3O3S/c1-3-33-20-9-5-8-19-22-21(24(32)29-17-12-10-15(27)11-13-17)26(2,34-23(19)20)31(25(35)30-22)18-7-4-6-16(28)14-18/h4-14,21-22H,3H2,1-2H3,(H,29,32)(H,30,35)/t21-,22+,26+/m1/s1. The number of nitrogens with zero attached hydrogens (tertiary/aromatic N) is 1. The molecule has 2 aliphatic heterocycles. The van der Waals surface area contributed by atoms with Gasteiger partial charge < -0.3 is 20.1 Å². The van der Waals surface area contributed by atoms with Crippen LogP contribution in [0, 0.1) is 5.92 Å². The lowest BCUT2D eigenvalue weighted by Gasteiger charge is -2.56. The molecule has 2 N–H and O–H groups in total. The zero-order chi connectivity index (χ0) is 24.7. The fourth-order valence-corrected chi connectivity index (χ4v) is 5.52. The third kappa shape index (κ3) is 4.18. The Bertz CT molecular complexity index is 1300. The number of rotatable bonds is 5. The molecule has 9 heteroatoms. The smallest absolute Gasteiger partial charge is 0.236 e. The lowest BCUT2D eigenvalue weighted by atomic mass is 9.78. The molecular formula is C26H23Cl2N3O3S. The highest BCUT2D eigenvalue weighted by atomic mass is 35.5. The monoisotopic (exact) mass is 527 g/mol. The van der Waals surface area contributed by atoms with Gasteiger partial charge in [0.1, 0.15) is 5.92 Å². The largest absolute Gasteiger partial charge is 0.490 e. The fraction of sp³-hybridized carbons (Fsp3) is 0.231. The number of thiocarbonyl (C=S) groups is 1. The summed E-state index contributed by atoms with van der Waals surface area (Å²) in [7, 11) is 0. The molecule has 180 valence electrons. The van der Waals surface area contributed by atoms with Crippen LogP contribution in [0.4, 0.5) is 11.4 Å². The number of halogens is 2. The van der Waals surface area contributed by atoms with Gasteiger partial charge >= 0.3 is 0 Å². The van der Waals surface area contributed by atoms with Crippen molar-refractivity contribution in [2.75, 3.05) is 16.8 Å². The summed E-state index contributed by atoms with van der Waals surface area (Å²) in [5, 5.41) is 7.97. The van der Waals surface area contributed by atoms with E-state index in [2.05, 4.69) is 10.6 Å². The van der Waals surface area contributed by atoms with E-state index in [4.69, 9.17) is 44.9 Å². The Hall–Kier alpha value is -3.00. The number of amides is 1. The Labute approximate surface area is 219 Å². The third-order valence-corrected chi connectivity index (χ3v) is 7.04. The van der Waals surface area contributed by atoms with E-state index < -0.39 is 17.7 Å². The van der Waals surface area contributed by atoms with Crippen molar-refractivity contribution >= 4 is 57.8 Å². The summed E-state index contributed by atoms with van der Waals surface area (Å²) in [5.41, 5.74) is 0.955. The zero-order valence-corrected chi connectivity index (χ0v) is 21.4. The van der Waals surface area contributed by atoms with Gasteiger partial charge in [0.2, 0.25) is 5.91 Å². The molecule has 1 amide bonds. The molecule has 6 nitrogen and oxygen atoms in total. The van der Waals surface area contributed by atoms with Crippen molar-refractivity contribution in [3.63, 3.8) is 0 Å². The van der Waals surface area contributed by atoms with Crippen molar-refractivity contribution in [3.8, 4) is 11.5 Å². The minimum absolute atomic E-state index is 0.227. The Morgan fingerprint density at radius 1 is 1.14 bits per heavy atom. The van der Waals surface area contributed by atoms with Gasteiger partial charge in [-0.25, -0.2) is 0 Å². The van der Waals surface area contributed by atoms with Gasteiger partial charge in [-0.05, 0) is 74.6 Å². The molecule has 2 heterocycles. The van der Waals surface area contributed by atoms with Crippen LogP contribution in [0.1, 0.15) is 25.5 Å². The molecule has 1 saturated heterocycles. The van der Waals surface area contributed by atoms with Gasteiger partial charge in [0, 0.05) is 27.0 Å². The lowest BCUT2D eigenvalue weighted by molar-refractivity contribution is -0.130. The Balaban J connectivity index is 1.64. The quantitative estimate of drug-likeness (QED) is 0.385. The number of carbonyl (C=O) groups excluding carboxylic acids is 1. The molecule has 3 aromatic rings. The van der Waals surface area contributed by atoms with E-state index in [1.807, 2.05) is 49.1 Å². The van der Waals surface area contributed by atoms with Gasteiger partial charge in [0.15, 0.2) is 22.3 Å². The van der Waals surface area contributed by atoms with Crippen molar-refractivity contribution in [1.29, 1.82) is 0 Å². The second kappa shape index (κ2) is 9.22. The predicted octanol–water partition coefficient (Wildman–Crippen LogP) is 6.19. The normalized spacial score (nSPS) is 22.5. The lowest BCUT2D eigenvalue weighted by Crippen LogP contribution is -2.72. The number of hydrogen-bond donors (Lipinski definition) is 2. The number of benzene rings is 3. The molecule has 3 atom stereocenters. The number of fused-ring (bicyclic) bond motifs is 4. The Morgan fingerprint density at radius 3 is 2.60 bits per heavy atom. The van der Waals surface area contributed by atoms with Crippen LogP contribution in [0.3, 0.4) is 0 Å². The molecule has 0 spiro atoms. The van der Waals surface area contributed by atoms with Gasteiger partial charge in [-0.15, -0.1) is 0 Å². The maximum atomic E-state index is 13.9. The van der Waals surface area contributed by atoms with E-state index >= 15 is 0 Å². The fourth-order valence-electron chi connectivity index (χ4n) is 4.80.